The molecular weight excluding hydrogens is 315 g/mol. The minimum atomic E-state index is 0.458. The zero-order valence-corrected chi connectivity index (χ0v) is 15.9. The monoisotopic (exact) mass is 343 g/mol. The van der Waals surface area contributed by atoms with Crippen LogP contribution in [0.1, 0.15) is 55.1 Å². The molecule has 0 aliphatic carbocycles. The van der Waals surface area contributed by atoms with Gasteiger partial charge in [0.05, 0.1) is 11.4 Å². The van der Waals surface area contributed by atoms with Crippen molar-refractivity contribution >= 4 is 13.0 Å². The molecule has 2 aromatic carbocycles. The third kappa shape index (κ3) is 4.66. The van der Waals surface area contributed by atoms with Crippen molar-refractivity contribution in [2.75, 3.05) is 0 Å². The zero-order chi connectivity index (χ0) is 18.2. The molecule has 3 rings (SSSR count). The Bertz CT molecular complexity index is 719. The molecule has 1 N–H and O–H groups in total. The lowest BCUT2D eigenvalue weighted by atomic mass is 9.71. The van der Waals surface area contributed by atoms with Gasteiger partial charge >= 0.3 is 0 Å². The number of aromatic amines is 1. The van der Waals surface area contributed by atoms with Crippen molar-refractivity contribution in [2.24, 2.45) is 0 Å². The molecule has 0 unspecified atom stereocenters. The Morgan fingerprint density at radius 1 is 0.885 bits per heavy atom. The quantitative estimate of drug-likeness (QED) is 0.435. The summed E-state index contributed by atoms with van der Waals surface area (Å²) in [5.74, 6) is 0.458. The van der Waals surface area contributed by atoms with Gasteiger partial charge in [0.15, 0.2) is 0 Å². The number of aromatic nitrogens is 2. The first kappa shape index (κ1) is 18.5. The van der Waals surface area contributed by atoms with Crippen LogP contribution in [-0.4, -0.2) is 17.2 Å². The molecule has 0 saturated carbocycles. The lowest BCUT2D eigenvalue weighted by Crippen LogP contribution is -2.18. The van der Waals surface area contributed by atoms with Crippen LogP contribution in [0.2, 0.25) is 6.32 Å². The highest BCUT2D eigenvalue weighted by molar-refractivity contribution is 6.51. The molecule has 0 aliphatic heterocycles. The van der Waals surface area contributed by atoms with Gasteiger partial charge < -0.3 is 4.98 Å². The van der Waals surface area contributed by atoms with Crippen LogP contribution >= 0.6 is 0 Å². The van der Waals surface area contributed by atoms with Crippen LogP contribution in [0.25, 0.3) is 0 Å². The van der Waals surface area contributed by atoms with Crippen LogP contribution < -0.4 is 5.72 Å². The van der Waals surface area contributed by atoms with E-state index in [-0.39, 0.29) is 0 Å². The van der Waals surface area contributed by atoms with E-state index in [4.69, 9.17) is 4.98 Å². The molecule has 133 valence electrons. The average molecular weight is 343 g/mol. The van der Waals surface area contributed by atoms with Crippen LogP contribution in [0.15, 0.2) is 60.7 Å². The molecule has 0 saturated heterocycles. The number of H-pyrrole nitrogens is 1. The molecule has 0 fully saturated rings. The molecule has 0 spiro atoms. The van der Waals surface area contributed by atoms with Crippen LogP contribution in [0.3, 0.4) is 0 Å². The predicted molar refractivity (Wildman–Crippen MR) is 111 cm³/mol. The second-order valence-electron chi connectivity index (χ2n) is 6.76. The van der Waals surface area contributed by atoms with Gasteiger partial charge in [-0.15, -0.1) is 0 Å². The number of nitrogens with one attached hydrogen (secondary N) is 1. The second-order valence-corrected chi connectivity index (χ2v) is 6.76. The highest BCUT2D eigenvalue weighted by Crippen LogP contribution is 2.29. The van der Waals surface area contributed by atoms with E-state index in [1.54, 1.807) is 0 Å². The van der Waals surface area contributed by atoms with Gasteiger partial charge in [0.1, 0.15) is 0 Å². The Balaban J connectivity index is 1.61. The number of nitrogens with zero attached hydrogens (tertiary/aromatic N) is 1. The third-order valence-electron chi connectivity index (χ3n) is 5.01. The molecule has 0 amide bonds. The Labute approximate surface area is 158 Å². The number of benzene rings is 2. The largest absolute Gasteiger partial charge is 0.354 e. The summed E-state index contributed by atoms with van der Waals surface area (Å²) in [6, 6.07) is 21.7. The second kappa shape index (κ2) is 9.42. The smallest absolute Gasteiger partial charge is 0.201 e. The fourth-order valence-electron chi connectivity index (χ4n) is 3.61. The van der Waals surface area contributed by atoms with Crippen molar-refractivity contribution in [3.63, 3.8) is 0 Å². The Kier molecular flexibility index (Phi) is 6.71. The maximum absolute atomic E-state index is 4.72. The van der Waals surface area contributed by atoms with Gasteiger partial charge in [-0.05, 0) is 30.4 Å². The van der Waals surface area contributed by atoms with Crippen molar-refractivity contribution in [3.05, 3.63) is 83.2 Å². The van der Waals surface area contributed by atoms with E-state index in [2.05, 4.69) is 86.8 Å². The zero-order valence-electron chi connectivity index (χ0n) is 15.9. The van der Waals surface area contributed by atoms with Crippen LogP contribution in [0.5, 0.6) is 0 Å². The lowest BCUT2D eigenvalue weighted by Gasteiger charge is -2.18. The van der Waals surface area contributed by atoms with E-state index in [1.165, 1.54) is 22.5 Å². The van der Waals surface area contributed by atoms with Crippen molar-refractivity contribution in [1.29, 1.82) is 0 Å². The molecule has 0 aliphatic rings. The van der Waals surface area contributed by atoms with Gasteiger partial charge in [0.25, 0.3) is 0 Å². The highest BCUT2D eigenvalue weighted by Gasteiger charge is 2.14. The minimum Gasteiger partial charge on any atom is -0.354 e. The lowest BCUT2D eigenvalue weighted by molar-refractivity contribution is 0.697. The minimum absolute atomic E-state index is 0.458. The molecule has 1 aromatic heterocycles. The first-order valence-electron chi connectivity index (χ1n) is 9.82. The van der Waals surface area contributed by atoms with Gasteiger partial charge in [-0.3, -0.25) is 0 Å². The Hall–Kier alpha value is -2.29. The van der Waals surface area contributed by atoms with E-state index >= 15 is 0 Å². The summed E-state index contributed by atoms with van der Waals surface area (Å²) in [4.78, 5) is 8.19. The van der Waals surface area contributed by atoms with Gasteiger partial charge in [0.2, 0.25) is 7.28 Å². The van der Waals surface area contributed by atoms with Crippen LogP contribution in [0.4, 0.5) is 0 Å². The van der Waals surface area contributed by atoms with Crippen molar-refractivity contribution in [3.8, 4) is 0 Å². The van der Waals surface area contributed by atoms with Crippen LogP contribution in [0, 0.1) is 0 Å². The molecule has 1 heterocycles. The Morgan fingerprint density at radius 2 is 1.50 bits per heavy atom. The predicted octanol–water partition coefficient (Wildman–Crippen LogP) is 4.89. The first-order valence-corrected chi connectivity index (χ1v) is 9.82. The number of aryl methyl sites for hydroxylation is 2. The summed E-state index contributed by atoms with van der Waals surface area (Å²) >= 11 is 0. The maximum Gasteiger partial charge on any atom is 0.201 e. The maximum atomic E-state index is 4.72. The van der Waals surface area contributed by atoms with E-state index in [0.29, 0.717) is 5.92 Å². The van der Waals surface area contributed by atoms with Gasteiger partial charge in [-0.25, -0.2) is 4.98 Å². The highest BCUT2D eigenvalue weighted by atomic mass is 14.9. The van der Waals surface area contributed by atoms with Crippen molar-refractivity contribution in [2.45, 2.75) is 51.8 Å². The summed E-state index contributed by atoms with van der Waals surface area (Å²) in [6.07, 6.45) is 5.37. The molecule has 3 aromatic rings. The molecule has 0 atom stereocenters. The van der Waals surface area contributed by atoms with Gasteiger partial charge in [-0.1, -0.05) is 87.3 Å². The molecule has 3 heteroatoms. The normalized spacial score (nSPS) is 11.0. The molecule has 1 radical (unpaired) electrons. The van der Waals surface area contributed by atoms with E-state index in [0.717, 1.165) is 37.7 Å². The molecule has 26 heavy (non-hydrogen) atoms. The first-order chi connectivity index (χ1) is 12.8. The van der Waals surface area contributed by atoms with E-state index in [1.807, 2.05) is 0 Å². The summed E-state index contributed by atoms with van der Waals surface area (Å²) in [5, 5.41) is 0. The number of hydrogen-bond donors (Lipinski definition) is 1. The summed E-state index contributed by atoms with van der Waals surface area (Å²) < 4.78 is 0. The van der Waals surface area contributed by atoms with Crippen molar-refractivity contribution < 1.29 is 0 Å². The fraction of sp³-hybridized carbons (Fsp3) is 0.348. The average Bonchev–Trinajstić information content (AvgIpc) is 3.11. The SMILES string of the molecule is CCc1nc([B]CCCC(c2ccccc2)c2ccccc2)[nH]c1CC. The number of imidazole rings is 1. The number of rotatable bonds is 9. The fourth-order valence-corrected chi connectivity index (χ4v) is 3.61. The third-order valence-corrected chi connectivity index (χ3v) is 5.01. The molecule has 0 bridgehead atoms. The van der Waals surface area contributed by atoms with Gasteiger partial charge in [-0.2, -0.15) is 0 Å². The van der Waals surface area contributed by atoms with Crippen LogP contribution in [-0.2, 0) is 12.8 Å². The van der Waals surface area contributed by atoms with Gasteiger partial charge in [0, 0.05) is 11.6 Å². The summed E-state index contributed by atoms with van der Waals surface area (Å²) in [5.41, 5.74) is 6.33. The summed E-state index contributed by atoms with van der Waals surface area (Å²) in [6.45, 7) is 4.35. The Morgan fingerprint density at radius 3 is 2.00 bits per heavy atom. The number of hydrogen-bond acceptors (Lipinski definition) is 1. The summed E-state index contributed by atoms with van der Waals surface area (Å²) in [7, 11) is 2.26. The standard InChI is InChI=1S/C23H28BN2/c1-3-21-22(4-2)26-23(25-21)24-17-11-16-20(18-12-7-5-8-13-18)19-14-9-6-10-15-19/h5-10,12-15,20H,3-4,11,16-17H2,1-2H3,(H,25,26). The molecule has 2 nitrogen and oxygen atoms in total. The van der Waals surface area contributed by atoms with Crippen molar-refractivity contribution in [1.82, 2.24) is 9.97 Å². The van der Waals surface area contributed by atoms with E-state index in [9.17, 15) is 0 Å². The van der Waals surface area contributed by atoms with E-state index < -0.39 is 0 Å². The topological polar surface area (TPSA) is 28.7 Å². The molecular formula is C23H28BN2.